The Morgan fingerprint density at radius 2 is 1.79 bits per heavy atom. The van der Waals surface area contributed by atoms with E-state index in [1.54, 1.807) is 11.8 Å². The summed E-state index contributed by atoms with van der Waals surface area (Å²) in [5.41, 5.74) is 1.18. The first-order valence-corrected chi connectivity index (χ1v) is 11.5. The number of sulfonamides is 1. The first-order valence-electron chi connectivity index (χ1n) is 8.85. The van der Waals surface area contributed by atoms with Gasteiger partial charge >= 0.3 is 0 Å². The summed E-state index contributed by atoms with van der Waals surface area (Å²) in [6, 6.07) is 8.64. The van der Waals surface area contributed by atoms with Crippen LogP contribution >= 0.6 is 11.8 Å². The number of halogens is 2. The molecule has 1 fully saturated rings. The quantitative estimate of drug-likeness (QED) is 0.745. The van der Waals surface area contributed by atoms with Gasteiger partial charge in [0.15, 0.2) is 11.5 Å². The molecule has 5 nitrogen and oxygen atoms in total. The second kappa shape index (κ2) is 7.88. The van der Waals surface area contributed by atoms with Crippen molar-refractivity contribution in [3.63, 3.8) is 0 Å². The molecule has 0 spiro atoms. The fourth-order valence-corrected chi connectivity index (χ4v) is 6.26. The molecular weight excluding hydrogens is 408 g/mol. The lowest BCUT2D eigenvalue weighted by molar-refractivity contribution is 0.174. The van der Waals surface area contributed by atoms with E-state index in [0.717, 1.165) is 23.8 Å². The van der Waals surface area contributed by atoms with Crippen LogP contribution in [0, 0.1) is 11.6 Å². The Bertz CT molecular complexity index is 964. The standard InChI is InChI=1S/C19H19F2NO4S2/c20-15-7-13(8-16(21)10-15)11-28(23,24)22-4-3-19(27-6-5-22)14-1-2-17-18(9-14)26-12-25-17/h1-2,7-10,19H,3-6,11-12H2. The van der Waals surface area contributed by atoms with Crippen LogP contribution in [0.3, 0.4) is 0 Å². The minimum Gasteiger partial charge on any atom is -0.454 e. The molecule has 0 saturated carbocycles. The monoisotopic (exact) mass is 427 g/mol. The van der Waals surface area contributed by atoms with Crippen molar-refractivity contribution in [3.8, 4) is 11.5 Å². The van der Waals surface area contributed by atoms with Crippen molar-refractivity contribution in [2.45, 2.75) is 17.4 Å². The van der Waals surface area contributed by atoms with Crippen molar-refractivity contribution in [1.29, 1.82) is 0 Å². The largest absolute Gasteiger partial charge is 0.454 e. The maximum atomic E-state index is 13.4. The number of nitrogens with zero attached hydrogens (tertiary/aromatic N) is 1. The van der Waals surface area contributed by atoms with Gasteiger partial charge in [0.2, 0.25) is 16.8 Å². The summed E-state index contributed by atoms with van der Waals surface area (Å²) < 4.78 is 64.4. The van der Waals surface area contributed by atoms with Gasteiger partial charge in [-0.1, -0.05) is 6.07 Å². The molecule has 2 aromatic rings. The van der Waals surface area contributed by atoms with Crippen LogP contribution in [0.5, 0.6) is 11.5 Å². The van der Waals surface area contributed by atoms with Crippen molar-refractivity contribution < 1.29 is 26.7 Å². The Hall–Kier alpha value is -1.84. The van der Waals surface area contributed by atoms with Crippen molar-refractivity contribution in [2.24, 2.45) is 0 Å². The molecule has 2 heterocycles. The maximum Gasteiger partial charge on any atom is 0.231 e. The van der Waals surface area contributed by atoms with E-state index in [0.29, 0.717) is 36.8 Å². The second-order valence-electron chi connectivity index (χ2n) is 6.69. The molecule has 1 atom stereocenters. The zero-order valence-corrected chi connectivity index (χ0v) is 16.6. The van der Waals surface area contributed by atoms with Crippen LogP contribution in [0.25, 0.3) is 0 Å². The summed E-state index contributed by atoms with van der Waals surface area (Å²) >= 11 is 1.69. The van der Waals surface area contributed by atoms with Gasteiger partial charge in [0.25, 0.3) is 0 Å². The van der Waals surface area contributed by atoms with Gasteiger partial charge in [-0.25, -0.2) is 21.5 Å². The Labute approximate surface area is 166 Å². The third-order valence-corrected chi connectivity index (χ3v) is 7.91. The van der Waals surface area contributed by atoms with Crippen molar-refractivity contribution in [1.82, 2.24) is 4.31 Å². The van der Waals surface area contributed by atoms with Crippen LogP contribution in [0.4, 0.5) is 8.78 Å². The molecule has 4 rings (SSSR count). The lowest BCUT2D eigenvalue weighted by atomic mass is 10.1. The fourth-order valence-electron chi connectivity index (χ4n) is 3.40. The topological polar surface area (TPSA) is 55.8 Å². The molecule has 0 amide bonds. The van der Waals surface area contributed by atoms with Crippen LogP contribution in [-0.4, -0.2) is 38.4 Å². The molecule has 1 unspecified atom stereocenters. The molecule has 2 aliphatic heterocycles. The minimum absolute atomic E-state index is 0.113. The number of benzene rings is 2. The predicted molar refractivity (Wildman–Crippen MR) is 103 cm³/mol. The smallest absolute Gasteiger partial charge is 0.231 e. The van der Waals surface area contributed by atoms with E-state index in [4.69, 9.17) is 9.47 Å². The van der Waals surface area contributed by atoms with E-state index < -0.39 is 27.4 Å². The SMILES string of the molecule is O=S(=O)(Cc1cc(F)cc(F)c1)N1CCSC(c2ccc3c(c2)OCO3)CC1. The molecule has 28 heavy (non-hydrogen) atoms. The van der Waals surface area contributed by atoms with E-state index in [1.807, 2.05) is 18.2 Å². The molecule has 0 radical (unpaired) electrons. The number of rotatable bonds is 4. The van der Waals surface area contributed by atoms with Gasteiger partial charge in [-0.3, -0.25) is 0 Å². The molecule has 0 aromatic heterocycles. The summed E-state index contributed by atoms with van der Waals surface area (Å²) in [5, 5.41) is 0.140. The fraction of sp³-hybridized carbons (Fsp3) is 0.368. The number of hydrogen-bond acceptors (Lipinski definition) is 5. The minimum atomic E-state index is -3.67. The third-order valence-electron chi connectivity index (χ3n) is 4.73. The van der Waals surface area contributed by atoms with E-state index in [1.165, 1.54) is 4.31 Å². The zero-order chi connectivity index (χ0) is 19.7. The molecule has 0 aliphatic carbocycles. The predicted octanol–water partition coefficient (Wildman–Crippen LogP) is 3.70. The Morgan fingerprint density at radius 3 is 2.57 bits per heavy atom. The van der Waals surface area contributed by atoms with Gasteiger partial charge < -0.3 is 9.47 Å². The van der Waals surface area contributed by atoms with Crippen LogP contribution in [0.15, 0.2) is 36.4 Å². The number of thioether (sulfide) groups is 1. The molecule has 1 saturated heterocycles. The highest BCUT2D eigenvalue weighted by atomic mass is 32.2. The maximum absolute atomic E-state index is 13.4. The molecule has 9 heteroatoms. The summed E-state index contributed by atoms with van der Waals surface area (Å²) in [4.78, 5) is 0. The van der Waals surface area contributed by atoms with Gasteiger partial charge in [0.05, 0.1) is 5.75 Å². The van der Waals surface area contributed by atoms with Gasteiger partial charge in [0.1, 0.15) is 11.6 Å². The first-order chi connectivity index (χ1) is 13.4. The van der Waals surface area contributed by atoms with Crippen molar-refractivity contribution >= 4 is 21.8 Å². The summed E-state index contributed by atoms with van der Waals surface area (Å²) in [5.74, 6) is 0.0875. The molecule has 2 aromatic carbocycles. The van der Waals surface area contributed by atoms with Crippen LogP contribution < -0.4 is 9.47 Å². The Balaban J connectivity index is 1.45. The van der Waals surface area contributed by atoms with Crippen molar-refractivity contribution in [2.75, 3.05) is 25.6 Å². The van der Waals surface area contributed by atoms with E-state index in [9.17, 15) is 17.2 Å². The summed E-state index contributed by atoms with van der Waals surface area (Å²) in [6.45, 7) is 0.932. The van der Waals surface area contributed by atoms with Crippen molar-refractivity contribution in [3.05, 3.63) is 59.2 Å². The van der Waals surface area contributed by atoms with E-state index >= 15 is 0 Å². The normalized spacial score (nSPS) is 20.1. The first kappa shape index (κ1) is 19.5. The zero-order valence-electron chi connectivity index (χ0n) is 14.9. The number of fused-ring (bicyclic) bond motifs is 1. The molecule has 0 N–H and O–H groups in total. The summed E-state index contributed by atoms with van der Waals surface area (Å²) in [6.07, 6.45) is 0.640. The molecule has 0 bridgehead atoms. The molecule has 150 valence electrons. The number of hydrogen-bond donors (Lipinski definition) is 0. The highest BCUT2D eigenvalue weighted by Gasteiger charge is 2.28. The van der Waals surface area contributed by atoms with E-state index in [2.05, 4.69) is 0 Å². The summed E-state index contributed by atoms with van der Waals surface area (Å²) in [7, 11) is -3.67. The van der Waals surface area contributed by atoms with Gasteiger partial charge in [-0.05, 0) is 41.8 Å². The number of ether oxygens (including phenoxy) is 2. The van der Waals surface area contributed by atoms with Gasteiger partial charge in [-0.2, -0.15) is 11.8 Å². The second-order valence-corrected chi connectivity index (χ2v) is 9.97. The van der Waals surface area contributed by atoms with Gasteiger partial charge in [-0.15, -0.1) is 0 Å². The molecule has 2 aliphatic rings. The lowest BCUT2D eigenvalue weighted by Gasteiger charge is -2.20. The molecular formula is C19H19F2NO4S2. The highest BCUT2D eigenvalue weighted by Crippen LogP contribution is 2.40. The van der Waals surface area contributed by atoms with Gasteiger partial charge in [0, 0.05) is 30.2 Å². The van der Waals surface area contributed by atoms with Crippen LogP contribution in [0.2, 0.25) is 0 Å². The van der Waals surface area contributed by atoms with Crippen LogP contribution in [0.1, 0.15) is 22.8 Å². The Kier molecular flexibility index (Phi) is 5.48. The average Bonchev–Trinajstić information content (AvgIpc) is 2.94. The lowest BCUT2D eigenvalue weighted by Crippen LogP contribution is -2.34. The van der Waals surface area contributed by atoms with E-state index in [-0.39, 0.29) is 17.6 Å². The highest BCUT2D eigenvalue weighted by molar-refractivity contribution is 7.99. The van der Waals surface area contributed by atoms with Crippen LogP contribution in [-0.2, 0) is 15.8 Å². The third kappa shape index (κ3) is 4.26. The average molecular weight is 427 g/mol. The Morgan fingerprint density at radius 1 is 1.04 bits per heavy atom.